The summed E-state index contributed by atoms with van der Waals surface area (Å²) in [4.78, 5) is 31.4. The molecule has 1 aliphatic heterocycles. The Labute approximate surface area is 229 Å². The van der Waals surface area contributed by atoms with Crippen molar-refractivity contribution in [3.8, 4) is 11.8 Å². The summed E-state index contributed by atoms with van der Waals surface area (Å²) in [6.07, 6.45) is 3.31. The first-order chi connectivity index (χ1) is 19.1. The lowest BCUT2D eigenvalue weighted by molar-refractivity contribution is -0.163. The molecule has 1 aromatic rings. The summed E-state index contributed by atoms with van der Waals surface area (Å²) in [6.45, 7) is 0.658. The van der Waals surface area contributed by atoms with Crippen LogP contribution in [0.5, 0.6) is 0 Å². The summed E-state index contributed by atoms with van der Waals surface area (Å²) < 4.78 is 48.0. The van der Waals surface area contributed by atoms with Crippen molar-refractivity contribution < 1.29 is 32.0 Å². The molecule has 0 saturated heterocycles. The molecule has 2 heterocycles. The molecule has 12 heteroatoms. The minimum absolute atomic E-state index is 0.0385. The fourth-order valence-electron chi connectivity index (χ4n) is 5.34. The predicted octanol–water partition coefficient (Wildman–Crippen LogP) is 3.60. The lowest BCUT2D eigenvalue weighted by Gasteiger charge is -2.39. The van der Waals surface area contributed by atoms with Crippen molar-refractivity contribution in [2.45, 2.75) is 63.6 Å². The van der Waals surface area contributed by atoms with Gasteiger partial charge in [-0.15, -0.1) is 0 Å². The molecule has 4 aliphatic rings. The van der Waals surface area contributed by atoms with Crippen LogP contribution in [-0.2, 0) is 9.53 Å². The molecule has 1 fully saturated rings. The van der Waals surface area contributed by atoms with Gasteiger partial charge in [-0.3, -0.25) is 14.6 Å². The normalized spacial score (nSPS) is 22.8. The number of rotatable bonds is 8. The van der Waals surface area contributed by atoms with Crippen LogP contribution >= 0.6 is 0 Å². The van der Waals surface area contributed by atoms with Crippen molar-refractivity contribution in [1.82, 2.24) is 21.1 Å². The van der Waals surface area contributed by atoms with Crippen molar-refractivity contribution in [2.75, 3.05) is 20.2 Å². The molecule has 0 unspecified atom stereocenters. The van der Waals surface area contributed by atoms with Crippen molar-refractivity contribution >= 4 is 17.6 Å². The first kappa shape index (κ1) is 27.6. The molecule has 0 aromatic carbocycles. The van der Waals surface area contributed by atoms with E-state index in [4.69, 9.17) is 9.26 Å². The SMILES string of the molecule is CNC1=C(C(=NCCC2CC2)NC(=O)c2cnoc2C)C(=O)N[C@@]2(CCC3=C2CC#CC(OCC(F)(F)F)=C3)C1. The van der Waals surface area contributed by atoms with Gasteiger partial charge in [-0.25, -0.2) is 0 Å². The lowest BCUT2D eigenvalue weighted by Crippen LogP contribution is -2.55. The number of fused-ring (bicyclic) bond motifs is 1. The Balaban J connectivity index is 1.44. The summed E-state index contributed by atoms with van der Waals surface area (Å²) >= 11 is 0. The highest BCUT2D eigenvalue weighted by Crippen LogP contribution is 2.45. The highest BCUT2D eigenvalue weighted by molar-refractivity contribution is 6.26. The minimum atomic E-state index is -4.47. The summed E-state index contributed by atoms with van der Waals surface area (Å²) in [5.74, 6) is 5.76. The zero-order valence-electron chi connectivity index (χ0n) is 22.3. The first-order valence-electron chi connectivity index (χ1n) is 13.2. The van der Waals surface area contributed by atoms with E-state index < -0.39 is 30.1 Å². The fourth-order valence-corrected chi connectivity index (χ4v) is 5.34. The molecule has 212 valence electrons. The molecule has 3 aliphatic carbocycles. The Bertz CT molecular complexity index is 1400. The Hall–Kier alpha value is -4.01. The molecule has 0 radical (unpaired) electrons. The Morgan fingerprint density at radius 3 is 2.85 bits per heavy atom. The van der Waals surface area contributed by atoms with Crippen LogP contribution in [0, 0.1) is 24.7 Å². The molecule has 1 saturated carbocycles. The number of hydrogen-bond acceptors (Lipinski definition) is 7. The summed E-state index contributed by atoms with van der Waals surface area (Å²) in [6, 6.07) is 0. The van der Waals surface area contributed by atoms with Gasteiger partial charge in [0.05, 0.1) is 11.7 Å². The van der Waals surface area contributed by atoms with Gasteiger partial charge in [0.15, 0.2) is 12.4 Å². The van der Waals surface area contributed by atoms with Gasteiger partial charge >= 0.3 is 6.18 Å². The van der Waals surface area contributed by atoms with Crippen LogP contribution in [0.15, 0.2) is 50.0 Å². The number of nitrogens with one attached hydrogen (secondary N) is 3. The maximum atomic E-state index is 13.8. The Morgan fingerprint density at radius 2 is 2.17 bits per heavy atom. The van der Waals surface area contributed by atoms with E-state index in [1.54, 1.807) is 20.0 Å². The summed E-state index contributed by atoms with van der Waals surface area (Å²) in [5.41, 5.74) is 1.95. The molecular formula is C28H30F3N5O4. The maximum Gasteiger partial charge on any atom is 0.422 e. The van der Waals surface area contributed by atoms with E-state index in [1.807, 2.05) is 0 Å². The Kier molecular flexibility index (Phi) is 7.49. The van der Waals surface area contributed by atoms with E-state index in [2.05, 4.69) is 37.9 Å². The smallest absolute Gasteiger partial charge is 0.422 e. The molecular weight excluding hydrogens is 527 g/mol. The van der Waals surface area contributed by atoms with Crippen LogP contribution in [0.3, 0.4) is 0 Å². The summed E-state index contributed by atoms with van der Waals surface area (Å²) in [5, 5.41) is 12.7. The quantitative estimate of drug-likeness (QED) is 0.256. The number of aromatic nitrogens is 1. The number of carbonyl (C=O) groups is 2. The number of alkyl halides is 3. The second-order valence-corrected chi connectivity index (χ2v) is 10.4. The molecule has 1 aromatic heterocycles. The zero-order valence-corrected chi connectivity index (χ0v) is 22.3. The third-order valence-electron chi connectivity index (χ3n) is 7.59. The molecule has 3 N–H and O–H groups in total. The number of amides is 2. The molecule has 1 spiro atoms. The average Bonchev–Trinajstić information content (AvgIpc) is 3.59. The first-order valence-corrected chi connectivity index (χ1v) is 13.2. The third kappa shape index (κ3) is 5.93. The fraction of sp³-hybridized carbons (Fsp3) is 0.500. The van der Waals surface area contributed by atoms with Gasteiger partial charge < -0.3 is 25.2 Å². The van der Waals surface area contributed by atoms with E-state index in [0.29, 0.717) is 43.2 Å². The maximum absolute atomic E-state index is 13.8. The summed E-state index contributed by atoms with van der Waals surface area (Å²) in [7, 11) is 1.70. The van der Waals surface area contributed by atoms with E-state index in [-0.39, 0.29) is 29.2 Å². The third-order valence-corrected chi connectivity index (χ3v) is 7.59. The van der Waals surface area contributed by atoms with Crippen LogP contribution in [0.1, 0.15) is 61.1 Å². The van der Waals surface area contributed by atoms with E-state index >= 15 is 0 Å². The van der Waals surface area contributed by atoms with E-state index in [1.165, 1.54) is 6.20 Å². The number of hydrogen-bond donors (Lipinski definition) is 3. The van der Waals surface area contributed by atoms with Crippen molar-refractivity contribution in [2.24, 2.45) is 10.9 Å². The molecule has 1 atom stereocenters. The monoisotopic (exact) mass is 557 g/mol. The van der Waals surface area contributed by atoms with Gasteiger partial charge in [-0.2, -0.15) is 13.2 Å². The molecule has 5 rings (SSSR count). The highest BCUT2D eigenvalue weighted by atomic mass is 19.4. The lowest BCUT2D eigenvalue weighted by atomic mass is 9.80. The number of halogens is 3. The molecule has 2 amide bonds. The number of aliphatic imine (C=N–C) groups is 1. The largest absolute Gasteiger partial charge is 0.476 e. The molecule has 0 bridgehead atoms. The Morgan fingerprint density at radius 1 is 1.38 bits per heavy atom. The standard InChI is InChI=1S/C28H30F3N5O4/c1-16-20(14-34-40-16)25(37)35-24(33-11-9-17-6-7-17)23-22(32-2)13-27(36-26(23)38)10-8-18-12-19(4-3-5-21(18)27)39-15-28(29,30)31/h12,14,17,32H,5-11,13,15H2,1-2H3,(H,36,38)(H,33,35,37)/t27-/m0/s1. The number of allylic oxidation sites excluding steroid dienone is 3. The van der Waals surface area contributed by atoms with Crippen molar-refractivity contribution in [3.63, 3.8) is 0 Å². The number of amidine groups is 1. The van der Waals surface area contributed by atoms with Crippen LogP contribution in [0.4, 0.5) is 13.2 Å². The number of carbonyl (C=O) groups excluding carboxylic acids is 2. The van der Waals surface area contributed by atoms with Crippen molar-refractivity contribution in [1.29, 1.82) is 0 Å². The van der Waals surface area contributed by atoms with Gasteiger partial charge in [0, 0.05) is 32.1 Å². The van der Waals surface area contributed by atoms with Gasteiger partial charge in [-0.1, -0.05) is 23.9 Å². The highest BCUT2D eigenvalue weighted by Gasteiger charge is 2.47. The van der Waals surface area contributed by atoms with Crippen LogP contribution in [-0.4, -0.2) is 54.7 Å². The average molecular weight is 558 g/mol. The van der Waals surface area contributed by atoms with Crippen LogP contribution in [0.2, 0.25) is 0 Å². The van der Waals surface area contributed by atoms with E-state index in [9.17, 15) is 22.8 Å². The topological polar surface area (TPSA) is 118 Å². The number of ether oxygens (including phenoxy) is 1. The van der Waals surface area contributed by atoms with Gasteiger partial charge in [0.2, 0.25) is 0 Å². The van der Waals surface area contributed by atoms with E-state index in [0.717, 1.165) is 30.4 Å². The minimum Gasteiger partial charge on any atom is -0.476 e. The zero-order chi connectivity index (χ0) is 28.5. The van der Waals surface area contributed by atoms with Crippen LogP contribution < -0.4 is 16.0 Å². The van der Waals surface area contributed by atoms with Gasteiger partial charge in [0.25, 0.3) is 11.8 Å². The second-order valence-electron chi connectivity index (χ2n) is 10.4. The molecule has 9 nitrogen and oxygen atoms in total. The van der Waals surface area contributed by atoms with Crippen LogP contribution in [0.25, 0.3) is 0 Å². The number of aryl methyl sites for hydroxylation is 1. The second kappa shape index (κ2) is 10.9. The molecule has 40 heavy (non-hydrogen) atoms. The predicted molar refractivity (Wildman–Crippen MR) is 139 cm³/mol. The number of nitrogens with zero attached hydrogens (tertiary/aromatic N) is 2. The van der Waals surface area contributed by atoms with Gasteiger partial charge in [0.1, 0.15) is 22.7 Å². The van der Waals surface area contributed by atoms with Crippen molar-refractivity contribution in [3.05, 3.63) is 51.8 Å². The van der Waals surface area contributed by atoms with Gasteiger partial charge in [-0.05, 0) is 55.2 Å².